The summed E-state index contributed by atoms with van der Waals surface area (Å²) in [5.74, 6) is 0.325. The molecule has 1 aliphatic heterocycles. The second-order valence-corrected chi connectivity index (χ2v) is 5.14. The number of carbonyl (C=O) groups is 1. The van der Waals surface area contributed by atoms with Crippen molar-refractivity contribution in [2.24, 2.45) is 0 Å². The van der Waals surface area contributed by atoms with Gasteiger partial charge in [0.05, 0.1) is 0 Å². The van der Waals surface area contributed by atoms with Crippen molar-refractivity contribution in [3.8, 4) is 0 Å². The van der Waals surface area contributed by atoms with Crippen molar-refractivity contribution in [1.82, 2.24) is 0 Å². The first-order valence-electron chi connectivity index (χ1n) is 6.59. The second kappa shape index (κ2) is 4.26. The van der Waals surface area contributed by atoms with Gasteiger partial charge in [0.2, 0.25) is 0 Å². The maximum atomic E-state index is 12.2. The predicted octanol–water partition coefficient (Wildman–Crippen LogP) is 3.42. The Kier molecular flexibility index (Phi) is 2.75. The van der Waals surface area contributed by atoms with E-state index in [0.29, 0.717) is 12.2 Å². The van der Waals surface area contributed by atoms with Crippen molar-refractivity contribution < 1.29 is 9.53 Å². The van der Waals surface area contributed by atoms with Gasteiger partial charge in [0.25, 0.3) is 0 Å². The number of ketones is 1. The summed E-state index contributed by atoms with van der Waals surface area (Å²) < 4.78 is 5.83. The van der Waals surface area contributed by atoms with E-state index >= 15 is 0 Å². The van der Waals surface area contributed by atoms with Gasteiger partial charge in [-0.25, -0.2) is 0 Å². The van der Waals surface area contributed by atoms with Crippen LogP contribution in [0.2, 0.25) is 0 Å². The predicted molar refractivity (Wildman–Crippen MR) is 65.7 cm³/mol. The van der Waals surface area contributed by atoms with Crippen molar-refractivity contribution in [2.75, 3.05) is 0 Å². The molecular weight excluding hydrogens is 212 g/mol. The lowest BCUT2D eigenvalue weighted by molar-refractivity contribution is -0.124. The Morgan fingerprint density at radius 3 is 2.65 bits per heavy atom. The Morgan fingerprint density at radius 1 is 1.06 bits per heavy atom. The molecule has 2 fully saturated rings. The summed E-state index contributed by atoms with van der Waals surface area (Å²) in [4.78, 5) is 12.2. The number of carbonyl (C=O) groups excluding carboxylic acids is 1. The van der Waals surface area contributed by atoms with Gasteiger partial charge in [0.1, 0.15) is 6.10 Å². The van der Waals surface area contributed by atoms with Crippen molar-refractivity contribution in [3.05, 3.63) is 35.9 Å². The lowest BCUT2D eigenvalue weighted by atomic mass is 9.85. The van der Waals surface area contributed by atoms with Crippen molar-refractivity contribution in [1.29, 1.82) is 0 Å². The first-order chi connectivity index (χ1) is 8.33. The van der Waals surface area contributed by atoms with Crippen molar-refractivity contribution >= 4 is 5.78 Å². The van der Waals surface area contributed by atoms with Crippen molar-refractivity contribution in [2.45, 2.75) is 50.2 Å². The molecule has 1 heterocycles. The molecule has 2 heteroatoms. The number of epoxide rings is 1. The molecule has 0 aromatic heterocycles. The van der Waals surface area contributed by atoms with Gasteiger partial charge in [0.15, 0.2) is 11.4 Å². The van der Waals surface area contributed by atoms with Crippen LogP contribution in [0.25, 0.3) is 0 Å². The van der Waals surface area contributed by atoms with Crippen LogP contribution in [0.1, 0.15) is 50.2 Å². The zero-order valence-corrected chi connectivity index (χ0v) is 10.0. The molecular formula is C15H18O2. The van der Waals surface area contributed by atoms with Gasteiger partial charge >= 0.3 is 0 Å². The molecule has 0 N–H and O–H groups in total. The van der Waals surface area contributed by atoms with Crippen LogP contribution < -0.4 is 0 Å². The molecule has 1 saturated heterocycles. The zero-order chi connectivity index (χ0) is 11.7. The maximum absolute atomic E-state index is 12.2. The Morgan fingerprint density at radius 2 is 1.82 bits per heavy atom. The molecule has 0 amide bonds. The molecule has 90 valence electrons. The molecule has 0 unspecified atom stereocenters. The third kappa shape index (κ3) is 1.91. The summed E-state index contributed by atoms with van der Waals surface area (Å²) in [5.41, 5.74) is 0.698. The highest BCUT2D eigenvalue weighted by atomic mass is 16.6. The van der Waals surface area contributed by atoms with E-state index in [1.165, 1.54) is 12.8 Å². The molecule has 2 atom stereocenters. The van der Waals surface area contributed by atoms with E-state index in [1.54, 1.807) is 0 Å². The molecule has 17 heavy (non-hydrogen) atoms. The number of benzene rings is 1. The Bertz CT molecular complexity index is 412. The first-order valence-corrected chi connectivity index (χ1v) is 6.59. The van der Waals surface area contributed by atoms with E-state index in [2.05, 4.69) is 12.1 Å². The molecule has 1 spiro atoms. The molecule has 2 nitrogen and oxygen atoms in total. The summed E-state index contributed by atoms with van der Waals surface area (Å²) in [5, 5.41) is 0. The summed E-state index contributed by atoms with van der Waals surface area (Å²) in [6, 6.07) is 10.1. The van der Waals surface area contributed by atoms with E-state index in [-0.39, 0.29) is 6.10 Å². The molecule has 1 saturated carbocycles. The Hall–Kier alpha value is -1.15. The van der Waals surface area contributed by atoms with Crippen molar-refractivity contribution in [3.63, 3.8) is 0 Å². The summed E-state index contributed by atoms with van der Waals surface area (Å²) in [7, 11) is 0. The van der Waals surface area contributed by atoms with Gasteiger partial charge in [-0.3, -0.25) is 4.79 Å². The number of ether oxygens (including phenoxy) is 1. The van der Waals surface area contributed by atoms with Crippen LogP contribution in [0.3, 0.4) is 0 Å². The molecule has 1 aromatic rings. The van der Waals surface area contributed by atoms with Crippen LogP contribution in [0, 0.1) is 0 Å². The largest absolute Gasteiger partial charge is 0.353 e. The highest BCUT2D eigenvalue weighted by Gasteiger charge is 2.61. The average Bonchev–Trinajstić information content (AvgIpc) is 3.09. The minimum Gasteiger partial charge on any atom is -0.353 e. The first kappa shape index (κ1) is 11.0. The molecule has 0 radical (unpaired) electrons. The molecule has 1 aliphatic carbocycles. The lowest BCUT2D eigenvalue weighted by Crippen LogP contribution is -2.26. The van der Waals surface area contributed by atoms with Crippen LogP contribution in [0.5, 0.6) is 0 Å². The monoisotopic (exact) mass is 230 g/mol. The van der Waals surface area contributed by atoms with Gasteiger partial charge in [-0.15, -0.1) is 0 Å². The molecule has 3 rings (SSSR count). The van der Waals surface area contributed by atoms with Crippen LogP contribution in [-0.4, -0.2) is 11.4 Å². The minimum absolute atomic E-state index is 0.0225. The number of hydrogen-bond acceptors (Lipinski definition) is 2. The van der Waals surface area contributed by atoms with E-state index in [4.69, 9.17) is 4.74 Å². The van der Waals surface area contributed by atoms with Gasteiger partial charge < -0.3 is 4.74 Å². The fourth-order valence-corrected chi connectivity index (χ4v) is 2.92. The normalized spacial score (nSPS) is 33.2. The fraction of sp³-hybridized carbons (Fsp3) is 0.533. The highest BCUT2D eigenvalue weighted by Crippen LogP contribution is 2.54. The smallest absolute Gasteiger partial charge is 0.167 e. The summed E-state index contributed by atoms with van der Waals surface area (Å²) >= 11 is 0. The molecule has 1 aromatic carbocycles. The summed E-state index contributed by atoms with van der Waals surface area (Å²) in [6.45, 7) is 0. The van der Waals surface area contributed by atoms with Crippen LogP contribution in [-0.2, 0) is 9.53 Å². The highest BCUT2D eigenvalue weighted by molar-refractivity contribution is 5.91. The van der Waals surface area contributed by atoms with Crippen LogP contribution in [0.15, 0.2) is 30.3 Å². The van der Waals surface area contributed by atoms with Gasteiger partial charge in [-0.2, -0.15) is 0 Å². The number of rotatable bonds is 1. The number of hydrogen-bond donors (Lipinski definition) is 0. The fourth-order valence-electron chi connectivity index (χ4n) is 2.92. The molecule has 2 aliphatic rings. The zero-order valence-electron chi connectivity index (χ0n) is 10.0. The third-order valence-electron chi connectivity index (χ3n) is 3.97. The van der Waals surface area contributed by atoms with Gasteiger partial charge in [-0.05, 0) is 24.8 Å². The topological polar surface area (TPSA) is 29.6 Å². The number of Topliss-reactive ketones (excluding diaryl/α,β-unsaturated/α-hetero) is 1. The Labute approximate surface area is 102 Å². The lowest BCUT2D eigenvalue weighted by Gasteiger charge is -2.15. The maximum Gasteiger partial charge on any atom is 0.167 e. The third-order valence-corrected chi connectivity index (χ3v) is 3.97. The average molecular weight is 230 g/mol. The SMILES string of the molecule is O=C1CCCCCC[C@]12O[C@H]2c1ccccc1. The Balaban J connectivity index is 1.81. The van der Waals surface area contributed by atoms with Crippen LogP contribution >= 0.6 is 0 Å². The second-order valence-electron chi connectivity index (χ2n) is 5.14. The van der Waals surface area contributed by atoms with E-state index < -0.39 is 5.60 Å². The quantitative estimate of drug-likeness (QED) is 0.692. The van der Waals surface area contributed by atoms with E-state index in [0.717, 1.165) is 24.8 Å². The summed E-state index contributed by atoms with van der Waals surface area (Å²) in [6.07, 6.45) is 6.21. The van der Waals surface area contributed by atoms with Gasteiger partial charge in [-0.1, -0.05) is 43.2 Å². The minimum atomic E-state index is -0.457. The van der Waals surface area contributed by atoms with Gasteiger partial charge in [0, 0.05) is 6.42 Å². The van der Waals surface area contributed by atoms with Crippen LogP contribution in [0.4, 0.5) is 0 Å². The standard InChI is InChI=1S/C15H18O2/c16-13-10-6-1-2-7-11-15(13)14(17-15)12-8-4-3-5-9-12/h3-5,8-9,14H,1-2,6-7,10-11H2/t14-,15-/m0/s1. The molecule has 0 bridgehead atoms. The van der Waals surface area contributed by atoms with E-state index in [1.807, 2.05) is 18.2 Å². The van der Waals surface area contributed by atoms with E-state index in [9.17, 15) is 4.79 Å².